The van der Waals surface area contributed by atoms with E-state index >= 15 is 0 Å². The molecule has 0 bridgehead atoms. The molecule has 0 radical (unpaired) electrons. The summed E-state index contributed by atoms with van der Waals surface area (Å²) in [6.45, 7) is 4.18. The van der Waals surface area contributed by atoms with Crippen LogP contribution < -0.4 is 4.74 Å². The van der Waals surface area contributed by atoms with E-state index in [2.05, 4.69) is 6.92 Å². The normalized spacial score (nSPS) is 17.0. The lowest BCUT2D eigenvalue weighted by atomic mass is 9.82. The first-order valence-corrected chi connectivity index (χ1v) is 14.9. The van der Waals surface area contributed by atoms with E-state index in [1.807, 2.05) is 6.07 Å². The lowest BCUT2D eigenvalue weighted by molar-refractivity contribution is 0.0227. The molecule has 0 aromatic heterocycles. The molecule has 3 aromatic rings. The molecular formula is C35H37F5O3. The van der Waals surface area contributed by atoms with Crippen LogP contribution in [-0.4, -0.2) is 18.7 Å². The Morgan fingerprint density at radius 1 is 0.860 bits per heavy atom. The van der Waals surface area contributed by atoms with Crippen LogP contribution in [0.5, 0.6) is 5.75 Å². The monoisotopic (exact) mass is 600 g/mol. The molecule has 0 heterocycles. The summed E-state index contributed by atoms with van der Waals surface area (Å²) in [6, 6.07) is 8.83. The molecule has 0 N–H and O–H groups in total. The topological polar surface area (TPSA) is 35.5 Å². The zero-order chi connectivity index (χ0) is 30.9. The summed E-state index contributed by atoms with van der Waals surface area (Å²) < 4.78 is 82.4. The van der Waals surface area contributed by atoms with Gasteiger partial charge in [-0.2, -0.15) is 0 Å². The molecule has 43 heavy (non-hydrogen) atoms. The molecule has 8 heteroatoms. The molecule has 4 rings (SSSR count). The Morgan fingerprint density at radius 3 is 2.16 bits per heavy atom. The van der Waals surface area contributed by atoms with Gasteiger partial charge in [0.15, 0.2) is 0 Å². The first kappa shape index (κ1) is 32.4. The third-order valence-electron chi connectivity index (χ3n) is 7.94. The van der Waals surface area contributed by atoms with Crippen LogP contribution in [0.2, 0.25) is 0 Å². The highest BCUT2D eigenvalue weighted by atomic mass is 19.1. The smallest absolute Gasteiger partial charge is 0.349 e. The maximum atomic E-state index is 14.9. The van der Waals surface area contributed by atoms with Crippen molar-refractivity contribution in [3.05, 3.63) is 105 Å². The van der Waals surface area contributed by atoms with Crippen molar-refractivity contribution < 1.29 is 36.2 Å². The predicted octanol–water partition coefficient (Wildman–Crippen LogP) is 9.79. The molecule has 1 aliphatic carbocycles. The number of aryl methyl sites for hydroxylation is 1. The number of unbranched alkanes of at least 4 members (excludes halogenated alkanes) is 2. The van der Waals surface area contributed by atoms with Crippen molar-refractivity contribution in [1.29, 1.82) is 0 Å². The SMILES string of the molecule is CCCCCOC1CCC(c2ccc(/C=C/CCc3cc(F)c(C(=O)Oc4cc(F)c(C)c(F)c4)c(F)c3)c(F)c2)CC1. The molecule has 1 aliphatic rings. The van der Waals surface area contributed by atoms with Crippen molar-refractivity contribution in [3.63, 3.8) is 0 Å². The third-order valence-corrected chi connectivity index (χ3v) is 7.94. The standard InChI is InChI=1S/C35H37F5O3/c1-3-4-7-16-42-27-14-12-24(13-15-27)26-11-10-25(31(38)19-26)9-6-5-8-23-17-32(39)34(33(40)18-23)35(41)43-28-20-29(36)22(2)30(37)21-28/h6,9-11,17-21,24,27H,3-5,7-8,12-16H2,1-2H3/b9-6+. The predicted molar refractivity (Wildman–Crippen MR) is 157 cm³/mol. The number of hydrogen-bond acceptors (Lipinski definition) is 3. The van der Waals surface area contributed by atoms with Gasteiger partial charge in [0, 0.05) is 29.9 Å². The first-order chi connectivity index (χ1) is 20.7. The molecule has 230 valence electrons. The van der Waals surface area contributed by atoms with E-state index in [-0.39, 0.29) is 23.4 Å². The van der Waals surface area contributed by atoms with Gasteiger partial charge in [-0.1, -0.05) is 44.1 Å². The third kappa shape index (κ3) is 8.75. The fourth-order valence-electron chi connectivity index (χ4n) is 5.36. The van der Waals surface area contributed by atoms with Gasteiger partial charge in [-0.15, -0.1) is 0 Å². The molecule has 0 amide bonds. The van der Waals surface area contributed by atoms with E-state index in [9.17, 15) is 26.7 Å². The van der Waals surface area contributed by atoms with Crippen LogP contribution in [0, 0.1) is 36.0 Å². The largest absolute Gasteiger partial charge is 0.423 e. The van der Waals surface area contributed by atoms with Crippen molar-refractivity contribution in [2.24, 2.45) is 0 Å². The van der Waals surface area contributed by atoms with E-state index in [0.717, 1.165) is 68.5 Å². The maximum absolute atomic E-state index is 14.9. The highest BCUT2D eigenvalue weighted by molar-refractivity contribution is 5.91. The molecule has 0 aliphatic heterocycles. The van der Waals surface area contributed by atoms with E-state index in [4.69, 9.17) is 9.47 Å². The summed E-state index contributed by atoms with van der Waals surface area (Å²) in [6.07, 6.45) is 11.6. The number of benzene rings is 3. The van der Waals surface area contributed by atoms with Gasteiger partial charge in [0.25, 0.3) is 0 Å². The van der Waals surface area contributed by atoms with Crippen molar-refractivity contribution in [2.75, 3.05) is 6.61 Å². The number of rotatable bonds is 12. The number of carbonyl (C=O) groups is 1. The number of hydrogen-bond donors (Lipinski definition) is 0. The lowest BCUT2D eigenvalue weighted by Crippen LogP contribution is -2.21. The molecule has 1 saturated carbocycles. The first-order valence-electron chi connectivity index (χ1n) is 14.9. The highest BCUT2D eigenvalue weighted by Crippen LogP contribution is 2.35. The van der Waals surface area contributed by atoms with Crippen molar-refractivity contribution in [2.45, 2.75) is 83.7 Å². The summed E-state index contributed by atoms with van der Waals surface area (Å²) >= 11 is 0. The van der Waals surface area contributed by atoms with Crippen LogP contribution in [-0.2, 0) is 11.2 Å². The van der Waals surface area contributed by atoms with Gasteiger partial charge in [0.2, 0.25) is 0 Å². The summed E-state index contributed by atoms with van der Waals surface area (Å²) in [7, 11) is 0. The second-order valence-electron chi connectivity index (χ2n) is 11.1. The van der Waals surface area contributed by atoms with Crippen molar-refractivity contribution in [1.82, 2.24) is 0 Å². The molecule has 3 aromatic carbocycles. The zero-order valence-electron chi connectivity index (χ0n) is 24.5. The molecule has 0 spiro atoms. The Labute approximate surface area is 249 Å². The fraction of sp³-hybridized carbons (Fsp3) is 0.400. The minimum absolute atomic E-state index is 0.234. The second kappa shape index (κ2) is 15.3. The Hall–Kier alpha value is -3.52. The van der Waals surface area contributed by atoms with Crippen molar-refractivity contribution >= 4 is 12.0 Å². The molecule has 3 nitrogen and oxygen atoms in total. The average molecular weight is 601 g/mol. The highest BCUT2D eigenvalue weighted by Gasteiger charge is 2.24. The lowest BCUT2D eigenvalue weighted by Gasteiger charge is -2.29. The van der Waals surface area contributed by atoms with Crippen LogP contribution in [0.25, 0.3) is 6.08 Å². The Morgan fingerprint density at radius 2 is 1.53 bits per heavy atom. The number of esters is 1. The van der Waals surface area contributed by atoms with Crippen molar-refractivity contribution in [3.8, 4) is 5.75 Å². The van der Waals surface area contributed by atoms with Gasteiger partial charge in [0.05, 0.1) is 6.10 Å². The van der Waals surface area contributed by atoms with Gasteiger partial charge in [-0.25, -0.2) is 26.7 Å². The minimum atomic E-state index is -1.41. The quantitative estimate of drug-likeness (QED) is 0.0899. The number of ether oxygens (including phenoxy) is 2. The van der Waals surface area contributed by atoms with E-state index in [0.29, 0.717) is 24.0 Å². The summed E-state index contributed by atoms with van der Waals surface area (Å²) in [5.41, 5.74) is 0.463. The van der Waals surface area contributed by atoms with Crippen LogP contribution >= 0.6 is 0 Å². The van der Waals surface area contributed by atoms with E-state index in [1.54, 1.807) is 24.3 Å². The van der Waals surface area contributed by atoms with Gasteiger partial charge < -0.3 is 9.47 Å². The van der Waals surface area contributed by atoms with Crippen LogP contribution in [0.4, 0.5) is 22.0 Å². The fourth-order valence-corrected chi connectivity index (χ4v) is 5.36. The molecule has 1 fully saturated rings. The molecular weight excluding hydrogens is 563 g/mol. The Bertz CT molecular complexity index is 1400. The maximum Gasteiger partial charge on any atom is 0.349 e. The summed E-state index contributed by atoms with van der Waals surface area (Å²) in [5, 5.41) is 0. The van der Waals surface area contributed by atoms with Gasteiger partial charge in [0.1, 0.15) is 40.4 Å². The summed E-state index contributed by atoms with van der Waals surface area (Å²) in [4.78, 5) is 12.3. The van der Waals surface area contributed by atoms with Crippen LogP contribution in [0.3, 0.4) is 0 Å². The number of allylic oxidation sites excluding steroid dienone is 1. The van der Waals surface area contributed by atoms with Gasteiger partial charge in [-0.3, -0.25) is 0 Å². The summed E-state index contributed by atoms with van der Waals surface area (Å²) in [5.74, 6) is -6.15. The van der Waals surface area contributed by atoms with E-state index < -0.39 is 40.6 Å². The second-order valence-corrected chi connectivity index (χ2v) is 11.1. The number of halogens is 5. The number of carbonyl (C=O) groups excluding carboxylic acids is 1. The van der Waals surface area contributed by atoms with Crippen LogP contribution in [0.15, 0.2) is 48.5 Å². The molecule has 0 unspecified atom stereocenters. The molecule has 0 atom stereocenters. The zero-order valence-corrected chi connectivity index (χ0v) is 24.5. The van der Waals surface area contributed by atoms with E-state index in [1.165, 1.54) is 19.8 Å². The minimum Gasteiger partial charge on any atom is -0.423 e. The Balaban J connectivity index is 1.29. The average Bonchev–Trinajstić information content (AvgIpc) is 2.97. The van der Waals surface area contributed by atoms with Gasteiger partial charge in [-0.05, 0) is 87.1 Å². The Kier molecular flexibility index (Phi) is 11.5. The van der Waals surface area contributed by atoms with Crippen LogP contribution in [0.1, 0.15) is 96.8 Å². The van der Waals surface area contributed by atoms with Gasteiger partial charge >= 0.3 is 5.97 Å². The molecule has 0 saturated heterocycles.